The third kappa shape index (κ3) is 4.55. The van der Waals surface area contributed by atoms with Crippen molar-refractivity contribution in [2.75, 3.05) is 26.4 Å². The van der Waals surface area contributed by atoms with E-state index in [1.54, 1.807) is 6.07 Å². The highest BCUT2D eigenvalue weighted by molar-refractivity contribution is 7.89. The second kappa shape index (κ2) is 8.75. The van der Waals surface area contributed by atoms with E-state index in [1.165, 1.54) is 24.3 Å². The predicted molar refractivity (Wildman–Crippen MR) is 110 cm³/mol. The van der Waals surface area contributed by atoms with Crippen molar-refractivity contribution in [3.05, 3.63) is 39.5 Å². The Morgan fingerprint density at radius 2 is 1.94 bits per heavy atom. The summed E-state index contributed by atoms with van der Waals surface area (Å²) in [6.07, 6.45) is -1.18. The van der Waals surface area contributed by atoms with E-state index in [9.17, 15) is 23.1 Å². The van der Waals surface area contributed by atoms with Gasteiger partial charge in [-0.25, -0.2) is 8.42 Å². The standard InChI is InChI=1S/C19H18ClNO8S2/c20-18-4-3-17(30-18)14(23)10-29-19(24)13-7-11(22)9-21(13)31(25,26)12-1-2-15-16(8-12)28-6-5-27-15/h1-4,8,11,13,22H,5-7,9-10H2/t11?,13-/m0/s1. The van der Waals surface area contributed by atoms with Crippen molar-refractivity contribution >= 4 is 44.7 Å². The highest BCUT2D eigenvalue weighted by Gasteiger charge is 2.44. The zero-order valence-corrected chi connectivity index (χ0v) is 18.4. The van der Waals surface area contributed by atoms with Gasteiger partial charge < -0.3 is 19.3 Å². The molecule has 2 aliphatic rings. The number of ether oxygens (including phenoxy) is 3. The van der Waals surface area contributed by atoms with E-state index in [1.807, 2.05) is 0 Å². The Morgan fingerprint density at radius 1 is 1.19 bits per heavy atom. The molecule has 0 radical (unpaired) electrons. The van der Waals surface area contributed by atoms with Gasteiger partial charge in [-0.3, -0.25) is 9.59 Å². The molecule has 1 aromatic carbocycles. The number of β-amino-alcohol motifs (C(OH)–C–C–N with tert-alkyl or cyclic N) is 1. The number of benzene rings is 1. The molecule has 9 nitrogen and oxygen atoms in total. The summed E-state index contributed by atoms with van der Waals surface area (Å²) in [6, 6.07) is 5.96. The second-order valence-corrected chi connectivity index (χ2v) is 10.5. The SMILES string of the molecule is O=C(COC(=O)[C@@H]1CC(O)CN1S(=O)(=O)c1ccc2c(c1)OCCO2)c1ccc(Cl)s1. The van der Waals surface area contributed by atoms with Gasteiger partial charge in [0, 0.05) is 19.0 Å². The summed E-state index contributed by atoms with van der Waals surface area (Å²) >= 11 is 6.85. The van der Waals surface area contributed by atoms with Crippen molar-refractivity contribution in [3.63, 3.8) is 0 Å². The molecule has 3 heterocycles. The third-order valence-electron chi connectivity index (χ3n) is 4.82. The van der Waals surface area contributed by atoms with Gasteiger partial charge in [0.2, 0.25) is 15.8 Å². The number of hydrogen-bond donors (Lipinski definition) is 1. The minimum atomic E-state index is -4.15. The van der Waals surface area contributed by atoms with E-state index in [2.05, 4.69) is 0 Å². The van der Waals surface area contributed by atoms with Crippen molar-refractivity contribution < 1.29 is 37.3 Å². The van der Waals surface area contributed by atoms with Gasteiger partial charge in [0.05, 0.1) is 20.2 Å². The fraction of sp³-hybridized carbons (Fsp3) is 0.368. The zero-order chi connectivity index (χ0) is 22.2. The number of Topliss-reactive ketones (excluding diaryl/α,β-unsaturated/α-hetero) is 1. The minimum absolute atomic E-state index is 0.104. The molecule has 0 spiro atoms. The number of thiophene rings is 1. The first-order valence-corrected chi connectivity index (χ1v) is 11.9. The van der Waals surface area contributed by atoms with E-state index in [0.29, 0.717) is 21.6 Å². The van der Waals surface area contributed by atoms with Crippen LogP contribution in [-0.2, 0) is 19.6 Å². The van der Waals surface area contributed by atoms with Gasteiger partial charge in [-0.2, -0.15) is 4.31 Å². The molecule has 4 rings (SSSR count). The number of carbonyl (C=O) groups excluding carboxylic acids is 2. The number of sulfonamides is 1. The summed E-state index contributed by atoms with van der Waals surface area (Å²) in [6.45, 7) is -0.176. The zero-order valence-electron chi connectivity index (χ0n) is 16.0. The average Bonchev–Trinajstić information content (AvgIpc) is 3.37. The molecule has 0 aliphatic carbocycles. The van der Waals surface area contributed by atoms with Crippen molar-refractivity contribution in [1.82, 2.24) is 4.31 Å². The third-order valence-corrected chi connectivity index (χ3v) is 7.96. The van der Waals surface area contributed by atoms with Crippen LogP contribution in [0.4, 0.5) is 0 Å². The van der Waals surface area contributed by atoms with Gasteiger partial charge in [-0.15, -0.1) is 11.3 Å². The summed E-state index contributed by atoms with van der Waals surface area (Å²) < 4.78 is 43.6. The Morgan fingerprint density at radius 3 is 2.65 bits per heavy atom. The fourth-order valence-electron chi connectivity index (χ4n) is 3.35. The van der Waals surface area contributed by atoms with Crippen LogP contribution in [0.1, 0.15) is 16.1 Å². The lowest BCUT2D eigenvalue weighted by Crippen LogP contribution is -2.41. The molecule has 2 atom stereocenters. The van der Waals surface area contributed by atoms with E-state index in [-0.39, 0.29) is 30.2 Å². The van der Waals surface area contributed by atoms with Crippen LogP contribution in [-0.4, -0.2) is 68.1 Å². The lowest BCUT2D eigenvalue weighted by molar-refractivity contribution is -0.146. The molecule has 0 saturated carbocycles. The summed E-state index contributed by atoms with van der Waals surface area (Å²) in [5.74, 6) is -0.653. The molecule has 1 saturated heterocycles. The van der Waals surface area contributed by atoms with Gasteiger partial charge in [-0.1, -0.05) is 11.6 Å². The Kier molecular flexibility index (Phi) is 6.22. The Bertz CT molecular complexity index is 1120. The highest BCUT2D eigenvalue weighted by atomic mass is 35.5. The second-order valence-electron chi connectivity index (χ2n) is 6.92. The van der Waals surface area contributed by atoms with Crippen LogP contribution in [0.2, 0.25) is 4.34 Å². The van der Waals surface area contributed by atoms with Crippen LogP contribution in [0, 0.1) is 0 Å². The number of aliphatic hydroxyl groups excluding tert-OH is 1. The molecular weight excluding hydrogens is 470 g/mol. The van der Waals surface area contributed by atoms with Gasteiger partial charge in [-0.05, 0) is 24.3 Å². The molecule has 2 aromatic rings. The van der Waals surface area contributed by atoms with E-state index in [0.717, 1.165) is 15.6 Å². The largest absolute Gasteiger partial charge is 0.486 e. The Hall–Kier alpha value is -2.18. The summed E-state index contributed by atoms with van der Waals surface area (Å²) in [5.41, 5.74) is 0. The van der Waals surface area contributed by atoms with Crippen molar-refractivity contribution in [3.8, 4) is 11.5 Å². The normalized spacial score (nSPS) is 21.1. The Balaban J connectivity index is 1.50. The van der Waals surface area contributed by atoms with Gasteiger partial charge >= 0.3 is 5.97 Å². The van der Waals surface area contributed by atoms with Crippen LogP contribution in [0.5, 0.6) is 11.5 Å². The van der Waals surface area contributed by atoms with Crippen molar-refractivity contribution in [2.45, 2.75) is 23.5 Å². The lowest BCUT2D eigenvalue weighted by Gasteiger charge is -2.24. The monoisotopic (exact) mass is 487 g/mol. The molecule has 0 amide bonds. The Labute approximate surface area is 187 Å². The smallest absolute Gasteiger partial charge is 0.325 e. The van der Waals surface area contributed by atoms with Gasteiger partial charge in [0.25, 0.3) is 0 Å². The molecule has 166 valence electrons. The van der Waals surface area contributed by atoms with Crippen LogP contribution in [0.15, 0.2) is 35.2 Å². The number of hydrogen-bond acceptors (Lipinski definition) is 9. The maximum absolute atomic E-state index is 13.2. The molecule has 1 aromatic heterocycles. The first-order chi connectivity index (χ1) is 14.8. The molecule has 31 heavy (non-hydrogen) atoms. The van der Waals surface area contributed by atoms with E-state index in [4.69, 9.17) is 25.8 Å². The van der Waals surface area contributed by atoms with Crippen LogP contribution >= 0.6 is 22.9 Å². The fourth-order valence-corrected chi connectivity index (χ4v) is 5.96. The van der Waals surface area contributed by atoms with Gasteiger partial charge in [0.15, 0.2) is 18.1 Å². The van der Waals surface area contributed by atoms with Crippen LogP contribution < -0.4 is 9.47 Å². The van der Waals surface area contributed by atoms with Crippen LogP contribution in [0.3, 0.4) is 0 Å². The summed E-state index contributed by atoms with van der Waals surface area (Å²) in [5, 5.41) is 10.0. The first-order valence-electron chi connectivity index (χ1n) is 9.30. The van der Waals surface area contributed by atoms with Gasteiger partial charge in [0.1, 0.15) is 19.3 Å². The number of esters is 1. The average molecular weight is 488 g/mol. The number of nitrogens with zero attached hydrogens (tertiary/aromatic N) is 1. The maximum Gasteiger partial charge on any atom is 0.325 e. The number of rotatable bonds is 6. The molecule has 1 fully saturated rings. The molecule has 12 heteroatoms. The topological polar surface area (TPSA) is 119 Å². The number of halogens is 1. The number of fused-ring (bicyclic) bond motifs is 1. The van der Waals surface area contributed by atoms with Crippen molar-refractivity contribution in [2.24, 2.45) is 0 Å². The predicted octanol–water partition coefficient (Wildman–Crippen LogP) is 1.72. The quantitative estimate of drug-likeness (QED) is 0.483. The van der Waals surface area contributed by atoms with Crippen LogP contribution in [0.25, 0.3) is 0 Å². The summed E-state index contributed by atoms with van der Waals surface area (Å²) in [4.78, 5) is 25.0. The first kappa shape index (κ1) is 22.0. The maximum atomic E-state index is 13.2. The van der Waals surface area contributed by atoms with E-state index < -0.39 is 40.5 Å². The molecule has 1 N–H and O–H groups in total. The van der Waals surface area contributed by atoms with Crippen molar-refractivity contribution in [1.29, 1.82) is 0 Å². The number of carbonyl (C=O) groups is 2. The molecular formula is C19H18ClNO8S2. The molecule has 0 bridgehead atoms. The molecule has 2 aliphatic heterocycles. The minimum Gasteiger partial charge on any atom is -0.486 e. The number of aliphatic hydroxyl groups is 1. The summed E-state index contributed by atoms with van der Waals surface area (Å²) in [7, 11) is -4.15. The molecule has 1 unspecified atom stereocenters. The lowest BCUT2D eigenvalue weighted by atomic mass is 10.2. The highest BCUT2D eigenvalue weighted by Crippen LogP contribution is 2.35. The number of ketones is 1. The van der Waals surface area contributed by atoms with E-state index >= 15 is 0 Å².